The van der Waals surface area contributed by atoms with Crippen LogP contribution in [0.1, 0.15) is 42.5 Å². The zero-order valence-electron chi connectivity index (χ0n) is 10.6. The number of allylic oxidation sites excluding steroid dienone is 1. The Kier molecular flexibility index (Phi) is 4.40. The van der Waals surface area contributed by atoms with Crippen molar-refractivity contribution < 1.29 is 4.79 Å². The van der Waals surface area contributed by atoms with Crippen LogP contribution in [0.15, 0.2) is 35.9 Å². The predicted octanol–water partition coefficient (Wildman–Crippen LogP) is 2.89. The summed E-state index contributed by atoms with van der Waals surface area (Å²) in [6, 6.07) is 7.16. The van der Waals surface area contributed by atoms with Crippen molar-refractivity contribution in [2.75, 3.05) is 12.3 Å². The van der Waals surface area contributed by atoms with E-state index in [-0.39, 0.29) is 5.91 Å². The number of rotatable bonds is 4. The topological polar surface area (TPSA) is 55.1 Å². The minimum absolute atomic E-state index is 0.0792. The van der Waals surface area contributed by atoms with E-state index in [0.717, 1.165) is 6.42 Å². The Balaban J connectivity index is 1.82. The van der Waals surface area contributed by atoms with Gasteiger partial charge >= 0.3 is 0 Å². The van der Waals surface area contributed by atoms with Crippen LogP contribution in [0.2, 0.25) is 0 Å². The number of nitrogens with one attached hydrogen (secondary N) is 1. The highest BCUT2D eigenvalue weighted by Gasteiger charge is 2.09. The molecule has 3 heteroatoms. The van der Waals surface area contributed by atoms with Crippen LogP contribution in [0.25, 0.3) is 0 Å². The minimum Gasteiger partial charge on any atom is -0.398 e. The fraction of sp³-hybridized carbons (Fsp3) is 0.400. The molecule has 0 radical (unpaired) electrons. The van der Waals surface area contributed by atoms with Gasteiger partial charge in [-0.3, -0.25) is 4.79 Å². The van der Waals surface area contributed by atoms with Gasteiger partial charge in [0, 0.05) is 12.2 Å². The molecule has 0 atom stereocenters. The first-order valence-electron chi connectivity index (χ1n) is 6.58. The number of nitrogen functional groups attached to an aromatic ring is 1. The van der Waals surface area contributed by atoms with Gasteiger partial charge in [-0.15, -0.1) is 0 Å². The normalized spacial score (nSPS) is 15.0. The van der Waals surface area contributed by atoms with E-state index in [1.165, 1.54) is 31.3 Å². The SMILES string of the molecule is Nc1ccccc1C(=O)NCCC1=CCCCC1. The molecule has 0 aliphatic heterocycles. The van der Waals surface area contributed by atoms with Gasteiger partial charge in [0.2, 0.25) is 0 Å². The van der Waals surface area contributed by atoms with Crippen molar-refractivity contribution in [3.8, 4) is 0 Å². The molecule has 1 aromatic rings. The molecule has 0 bridgehead atoms. The van der Waals surface area contributed by atoms with Gasteiger partial charge in [0.25, 0.3) is 5.91 Å². The van der Waals surface area contributed by atoms with Crippen LogP contribution < -0.4 is 11.1 Å². The molecule has 1 amide bonds. The van der Waals surface area contributed by atoms with E-state index in [0.29, 0.717) is 17.8 Å². The second-order valence-electron chi connectivity index (χ2n) is 4.70. The molecule has 0 aromatic heterocycles. The Hall–Kier alpha value is -1.77. The Morgan fingerprint density at radius 2 is 2.11 bits per heavy atom. The Morgan fingerprint density at radius 1 is 1.28 bits per heavy atom. The fourth-order valence-corrected chi connectivity index (χ4v) is 2.27. The number of amides is 1. The highest BCUT2D eigenvalue weighted by atomic mass is 16.1. The summed E-state index contributed by atoms with van der Waals surface area (Å²) >= 11 is 0. The molecule has 0 fully saturated rings. The summed E-state index contributed by atoms with van der Waals surface area (Å²) in [6.07, 6.45) is 8.23. The second-order valence-corrected chi connectivity index (χ2v) is 4.70. The van der Waals surface area contributed by atoms with Crippen molar-refractivity contribution in [1.29, 1.82) is 0 Å². The van der Waals surface area contributed by atoms with Crippen molar-refractivity contribution in [3.05, 3.63) is 41.5 Å². The van der Waals surface area contributed by atoms with Gasteiger partial charge in [0.1, 0.15) is 0 Å². The molecule has 0 heterocycles. The highest BCUT2D eigenvalue weighted by Crippen LogP contribution is 2.19. The van der Waals surface area contributed by atoms with Crippen LogP contribution in [-0.4, -0.2) is 12.5 Å². The Morgan fingerprint density at radius 3 is 2.83 bits per heavy atom. The van der Waals surface area contributed by atoms with Crippen molar-refractivity contribution in [3.63, 3.8) is 0 Å². The van der Waals surface area contributed by atoms with Gasteiger partial charge in [-0.2, -0.15) is 0 Å². The number of carbonyl (C=O) groups excluding carboxylic acids is 1. The van der Waals surface area contributed by atoms with Crippen LogP contribution in [-0.2, 0) is 0 Å². The molecule has 1 aromatic carbocycles. The maximum absolute atomic E-state index is 11.9. The number of nitrogens with two attached hydrogens (primary N) is 1. The van der Waals surface area contributed by atoms with Gasteiger partial charge in [-0.25, -0.2) is 0 Å². The number of carbonyl (C=O) groups is 1. The molecule has 0 saturated heterocycles. The first-order chi connectivity index (χ1) is 8.77. The molecular formula is C15H20N2O. The lowest BCUT2D eigenvalue weighted by Crippen LogP contribution is -2.25. The minimum atomic E-state index is -0.0792. The quantitative estimate of drug-likeness (QED) is 0.632. The summed E-state index contributed by atoms with van der Waals surface area (Å²) in [5, 5.41) is 2.93. The van der Waals surface area contributed by atoms with Gasteiger partial charge in [0.05, 0.1) is 5.56 Å². The average molecular weight is 244 g/mol. The van der Waals surface area contributed by atoms with Crippen molar-refractivity contribution in [1.82, 2.24) is 5.32 Å². The number of para-hydroxylation sites is 1. The van der Waals surface area contributed by atoms with E-state index in [4.69, 9.17) is 5.73 Å². The molecule has 0 saturated carbocycles. The average Bonchev–Trinajstić information content (AvgIpc) is 2.40. The van der Waals surface area contributed by atoms with Crippen molar-refractivity contribution in [2.24, 2.45) is 0 Å². The smallest absolute Gasteiger partial charge is 0.253 e. The predicted molar refractivity (Wildman–Crippen MR) is 74.4 cm³/mol. The molecule has 0 spiro atoms. The maximum atomic E-state index is 11.9. The summed E-state index contributed by atoms with van der Waals surface area (Å²) in [7, 11) is 0. The Labute approximate surface area is 108 Å². The van der Waals surface area contributed by atoms with Crippen LogP contribution in [0, 0.1) is 0 Å². The van der Waals surface area contributed by atoms with Gasteiger partial charge in [-0.05, 0) is 44.2 Å². The van der Waals surface area contributed by atoms with E-state index in [1.807, 2.05) is 12.1 Å². The summed E-state index contributed by atoms with van der Waals surface area (Å²) in [6.45, 7) is 0.693. The molecule has 18 heavy (non-hydrogen) atoms. The van der Waals surface area contributed by atoms with Crippen molar-refractivity contribution >= 4 is 11.6 Å². The molecule has 1 aliphatic carbocycles. The molecular weight excluding hydrogens is 224 g/mol. The van der Waals surface area contributed by atoms with Crippen molar-refractivity contribution in [2.45, 2.75) is 32.1 Å². The molecule has 2 rings (SSSR count). The summed E-state index contributed by atoms with van der Waals surface area (Å²) in [4.78, 5) is 11.9. The third kappa shape index (κ3) is 3.36. The molecule has 3 nitrogen and oxygen atoms in total. The standard InChI is InChI=1S/C15H20N2O/c16-14-9-5-4-8-13(14)15(18)17-11-10-12-6-2-1-3-7-12/h4-6,8-9H,1-3,7,10-11,16H2,(H,17,18). The second kappa shape index (κ2) is 6.24. The van der Waals surface area contributed by atoms with Crippen LogP contribution in [0.4, 0.5) is 5.69 Å². The third-order valence-electron chi connectivity index (χ3n) is 3.32. The van der Waals surface area contributed by atoms with E-state index >= 15 is 0 Å². The Bertz CT molecular complexity index is 452. The van der Waals surface area contributed by atoms with Gasteiger partial charge in [0.15, 0.2) is 0 Å². The van der Waals surface area contributed by atoms with E-state index in [2.05, 4.69) is 11.4 Å². The lowest BCUT2D eigenvalue weighted by atomic mass is 9.97. The summed E-state index contributed by atoms with van der Waals surface area (Å²) < 4.78 is 0. The van der Waals surface area contributed by atoms with E-state index in [1.54, 1.807) is 12.1 Å². The first-order valence-corrected chi connectivity index (χ1v) is 6.58. The summed E-state index contributed by atoms with van der Waals surface area (Å²) in [5.41, 5.74) is 8.34. The number of hydrogen-bond acceptors (Lipinski definition) is 2. The third-order valence-corrected chi connectivity index (χ3v) is 3.32. The summed E-state index contributed by atoms with van der Waals surface area (Å²) in [5.74, 6) is -0.0792. The molecule has 3 N–H and O–H groups in total. The van der Waals surface area contributed by atoms with Crippen LogP contribution >= 0.6 is 0 Å². The zero-order chi connectivity index (χ0) is 12.8. The van der Waals surface area contributed by atoms with Gasteiger partial charge < -0.3 is 11.1 Å². The van der Waals surface area contributed by atoms with E-state index < -0.39 is 0 Å². The number of benzene rings is 1. The maximum Gasteiger partial charge on any atom is 0.253 e. The molecule has 0 unspecified atom stereocenters. The highest BCUT2D eigenvalue weighted by molar-refractivity contribution is 5.99. The lowest BCUT2D eigenvalue weighted by molar-refractivity contribution is 0.0955. The molecule has 96 valence electrons. The largest absolute Gasteiger partial charge is 0.398 e. The number of hydrogen-bond donors (Lipinski definition) is 2. The van der Waals surface area contributed by atoms with Crippen LogP contribution in [0.3, 0.4) is 0 Å². The molecule has 1 aliphatic rings. The number of anilines is 1. The van der Waals surface area contributed by atoms with Crippen LogP contribution in [0.5, 0.6) is 0 Å². The first kappa shape index (κ1) is 12.7. The van der Waals surface area contributed by atoms with Gasteiger partial charge in [-0.1, -0.05) is 23.8 Å². The lowest BCUT2D eigenvalue weighted by Gasteiger charge is -2.13. The fourth-order valence-electron chi connectivity index (χ4n) is 2.27. The monoisotopic (exact) mass is 244 g/mol. The van der Waals surface area contributed by atoms with E-state index in [9.17, 15) is 4.79 Å². The zero-order valence-corrected chi connectivity index (χ0v) is 10.6.